The number of rotatable bonds is 7. The lowest BCUT2D eigenvalue weighted by molar-refractivity contribution is -0.124. The molecular formula is C26H30N4O. The van der Waals surface area contributed by atoms with Crippen LogP contribution in [0.4, 0.5) is 0 Å². The van der Waals surface area contributed by atoms with Gasteiger partial charge in [-0.2, -0.15) is 0 Å². The van der Waals surface area contributed by atoms with Gasteiger partial charge in [-0.25, -0.2) is 4.98 Å². The summed E-state index contributed by atoms with van der Waals surface area (Å²) in [6.45, 7) is 5.08. The predicted octanol–water partition coefficient (Wildman–Crippen LogP) is 5.41. The van der Waals surface area contributed by atoms with Gasteiger partial charge in [0.05, 0.1) is 11.0 Å². The third kappa shape index (κ3) is 4.28. The third-order valence-corrected chi connectivity index (χ3v) is 6.80. The molecule has 0 spiro atoms. The SMILES string of the molecule is CCC(CC(=O)C1CCN(Cc2ccc3[nH]ccc3c2)CC1)c1nc2ccccc2[nH]1. The number of likely N-dealkylation sites (tertiary alicyclic amines) is 1. The fourth-order valence-corrected chi connectivity index (χ4v) is 4.88. The number of fused-ring (bicyclic) bond motifs is 2. The molecule has 1 saturated heterocycles. The van der Waals surface area contributed by atoms with Crippen LogP contribution in [0, 0.1) is 5.92 Å². The summed E-state index contributed by atoms with van der Waals surface area (Å²) >= 11 is 0. The number of nitrogens with one attached hydrogen (secondary N) is 2. The first-order valence-electron chi connectivity index (χ1n) is 11.5. The van der Waals surface area contributed by atoms with E-state index in [1.807, 2.05) is 30.5 Å². The van der Waals surface area contributed by atoms with E-state index in [1.54, 1.807) is 0 Å². The highest BCUT2D eigenvalue weighted by Crippen LogP contribution is 2.28. The number of H-pyrrole nitrogens is 2. The summed E-state index contributed by atoms with van der Waals surface area (Å²) < 4.78 is 0. The van der Waals surface area contributed by atoms with E-state index in [2.05, 4.69) is 46.1 Å². The van der Waals surface area contributed by atoms with Gasteiger partial charge in [-0.05, 0) is 73.6 Å². The Labute approximate surface area is 182 Å². The highest BCUT2D eigenvalue weighted by molar-refractivity contribution is 5.82. The number of benzene rings is 2. The smallest absolute Gasteiger partial charge is 0.136 e. The Morgan fingerprint density at radius 3 is 2.77 bits per heavy atom. The largest absolute Gasteiger partial charge is 0.361 e. The number of hydrogen-bond acceptors (Lipinski definition) is 3. The number of imidazole rings is 1. The maximum atomic E-state index is 13.1. The van der Waals surface area contributed by atoms with Crippen LogP contribution in [0.2, 0.25) is 0 Å². The molecule has 5 nitrogen and oxygen atoms in total. The van der Waals surface area contributed by atoms with E-state index in [9.17, 15) is 4.79 Å². The minimum absolute atomic E-state index is 0.172. The number of aromatic amines is 2. The fourth-order valence-electron chi connectivity index (χ4n) is 4.88. The van der Waals surface area contributed by atoms with Crippen LogP contribution in [-0.4, -0.2) is 38.7 Å². The second-order valence-electron chi connectivity index (χ2n) is 8.86. The molecule has 4 aromatic rings. The van der Waals surface area contributed by atoms with Gasteiger partial charge in [0, 0.05) is 36.5 Å². The molecule has 1 unspecified atom stereocenters. The molecule has 2 aromatic heterocycles. The minimum Gasteiger partial charge on any atom is -0.361 e. The highest BCUT2D eigenvalue weighted by Gasteiger charge is 2.27. The topological polar surface area (TPSA) is 64.8 Å². The Morgan fingerprint density at radius 1 is 1.13 bits per heavy atom. The van der Waals surface area contributed by atoms with Gasteiger partial charge in [-0.3, -0.25) is 9.69 Å². The van der Waals surface area contributed by atoms with Crippen LogP contribution < -0.4 is 0 Å². The van der Waals surface area contributed by atoms with Gasteiger partial charge in [0.15, 0.2) is 0 Å². The quantitative estimate of drug-likeness (QED) is 0.425. The molecule has 1 aliphatic rings. The number of ketones is 1. The van der Waals surface area contributed by atoms with Crippen molar-refractivity contribution in [2.24, 2.45) is 5.92 Å². The molecule has 0 saturated carbocycles. The van der Waals surface area contributed by atoms with Crippen molar-refractivity contribution in [1.82, 2.24) is 19.9 Å². The Balaban J connectivity index is 1.17. The number of para-hydroxylation sites is 2. The van der Waals surface area contributed by atoms with Crippen molar-refractivity contribution < 1.29 is 4.79 Å². The molecule has 1 aliphatic heterocycles. The molecule has 1 fully saturated rings. The zero-order valence-electron chi connectivity index (χ0n) is 18.1. The van der Waals surface area contributed by atoms with Gasteiger partial charge in [-0.15, -0.1) is 0 Å². The number of carbonyl (C=O) groups is 1. The summed E-state index contributed by atoms with van der Waals surface area (Å²) in [5.41, 5.74) is 4.56. The molecule has 0 aliphatic carbocycles. The van der Waals surface area contributed by atoms with Crippen molar-refractivity contribution in [3.05, 3.63) is 66.1 Å². The van der Waals surface area contributed by atoms with Gasteiger partial charge >= 0.3 is 0 Å². The molecule has 0 amide bonds. The number of hydrogen-bond donors (Lipinski definition) is 2. The van der Waals surface area contributed by atoms with E-state index in [0.29, 0.717) is 12.2 Å². The van der Waals surface area contributed by atoms with Crippen LogP contribution in [0.5, 0.6) is 0 Å². The van der Waals surface area contributed by atoms with Crippen LogP contribution in [0.1, 0.15) is 49.9 Å². The summed E-state index contributed by atoms with van der Waals surface area (Å²) in [7, 11) is 0. The molecule has 31 heavy (non-hydrogen) atoms. The Bertz CT molecular complexity index is 1150. The zero-order chi connectivity index (χ0) is 21.2. The molecule has 160 valence electrons. The first kappa shape index (κ1) is 20.0. The number of piperidine rings is 1. The van der Waals surface area contributed by atoms with Crippen LogP contribution in [0.15, 0.2) is 54.7 Å². The van der Waals surface area contributed by atoms with E-state index in [1.165, 1.54) is 16.5 Å². The number of aromatic nitrogens is 3. The van der Waals surface area contributed by atoms with Crippen molar-refractivity contribution in [3.8, 4) is 0 Å². The zero-order valence-corrected chi connectivity index (χ0v) is 18.1. The van der Waals surface area contributed by atoms with Crippen molar-refractivity contribution in [3.63, 3.8) is 0 Å². The van der Waals surface area contributed by atoms with Crippen LogP contribution in [0.25, 0.3) is 21.9 Å². The van der Waals surface area contributed by atoms with E-state index in [0.717, 1.165) is 55.8 Å². The van der Waals surface area contributed by atoms with Crippen molar-refractivity contribution in [2.45, 2.75) is 45.1 Å². The van der Waals surface area contributed by atoms with E-state index >= 15 is 0 Å². The highest BCUT2D eigenvalue weighted by atomic mass is 16.1. The molecule has 5 rings (SSSR count). The summed E-state index contributed by atoms with van der Waals surface area (Å²) in [4.78, 5) is 27.0. The molecule has 0 bridgehead atoms. The normalized spacial score (nSPS) is 16.8. The van der Waals surface area contributed by atoms with Gasteiger partial charge in [0.25, 0.3) is 0 Å². The van der Waals surface area contributed by atoms with E-state index < -0.39 is 0 Å². The van der Waals surface area contributed by atoms with Gasteiger partial charge < -0.3 is 9.97 Å². The molecular weight excluding hydrogens is 384 g/mol. The summed E-state index contributed by atoms with van der Waals surface area (Å²) in [6.07, 6.45) is 5.42. The fraction of sp³-hybridized carbons (Fsp3) is 0.385. The lowest BCUT2D eigenvalue weighted by Gasteiger charge is -2.31. The second kappa shape index (κ2) is 8.67. The van der Waals surface area contributed by atoms with E-state index in [4.69, 9.17) is 4.98 Å². The Hall–Kier alpha value is -2.92. The van der Waals surface area contributed by atoms with Gasteiger partial charge in [0.2, 0.25) is 0 Å². The maximum absolute atomic E-state index is 13.1. The molecule has 5 heteroatoms. The average molecular weight is 415 g/mol. The van der Waals surface area contributed by atoms with Gasteiger partial charge in [0.1, 0.15) is 11.6 Å². The van der Waals surface area contributed by atoms with Crippen molar-refractivity contribution in [1.29, 1.82) is 0 Å². The summed E-state index contributed by atoms with van der Waals surface area (Å²) in [5, 5.41) is 1.26. The number of Topliss-reactive ketones (excluding diaryl/α,β-unsaturated/α-hetero) is 1. The standard InChI is InChI=1S/C26H30N4O/c1-2-19(26-28-23-5-3-4-6-24(23)29-26)16-25(31)20-10-13-30(14-11-20)17-18-7-8-22-21(15-18)9-12-27-22/h3-9,12,15,19-20,27H,2,10-11,13-14,16-17H2,1H3,(H,28,29). The molecule has 2 aromatic carbocycles. The van der Waals surface area contributed by atoms with Crippen LogP contribution >= 0.6 is 0 Å². The third-order valence-electron chi connectivity index (χ3n) is 6.80. The Morgan fingerprint density at radius 2 is 1.97 bits per heavy atom. The lowest BCUT2D eigenvalue weighted by Crippen LogP contribution is -2.36. The Kier molecular flexibility index (Phi) is 5.60. The number of nitrogens with zero attached hydrogens (tertiary/aromatic N) is 2. The van der Waals surface area contributed by atoms with Crippen LogP contribution in [0.3, 0.4) is 0 Å². The van der Waals surface area contributed by atoms with Crippen molar-refractivity contribution in [2.75, 3.05) is 13.1 Å². The first-order chi connectivity index (χ1) is 15.2. The van der Waals surface area contributed by atoms with E-state index in [-0.39, 0.29) is 11.8 Å². The first-order valence-corrected chi connectivity index (χ1v) is 11.5. The maximum Gasteiger partial charge on any atom is 0.136 e. The second-order valence-corrected chi connectivity index (χ2v) is 8.86. The molecule has 1 atom stereocenters. The summed E-state index contributed by atoms with van der Waals surface area (Å²) in [6, 6.07) is 16.8. The lowest BCUT2D eigenvalue weighted by atomic mass is 9.86. The molecule has 0 radical (unpaired) electrons. The van der Waals surface area contributed by atoms with Gasteiger partial charge in [-0.1, -0.05) is 25.1 Å². The monoisotopic (exact) mass is 414 g/mol. The molecule has 3 heterocycles. The van der Waals surface area contributed by atoms with Crippen LogP contribution in [-0.2, 0) is 11.3 Å². The number of carbonyl (C=O) groups excluding carboxylic acids is 1. The summed E-state index contributed by atoms with van der Waals surface area (Å²) in [5.74, 6) is 1.71. The van der Waals surface area contributed by atoms with Crippen molar-refractivity contribution >= 4 is 27.7 Å². The minimum atomic E-state index is 0.172. The predicted molar refractivity (Wildman–Crippen MR) is 125 cm³/mol. The average Bonchev–Trinajstić information content (AvgIpc) is 3.44. The molecule has 2 N–H and O–H groups in total.